The second-order valence-corrected chi connectivity index (χ2v) is 15.2. The molecule has 13 rings (SSSR count). The Morgan fingerprint density at radius 3 is 1.18 bits per heavy atom. The summed E-state index contributed by atoms with van der Waals surface area (Å²) in [5.74, 6) is 2.98. The maximum atomic E-state index is 6.74. The van der Waals surface area contributed by atoms with Crippen molar-refractivity contribution < 1.29 is 27.8 Å². The number of furan rings is 2. The summed E-state index contributed by atoms with van der Waals surface area (Å²) < 4.78 is 36.2. The Balaban J connectivity index is 0.918. The topological polar surface area (TPSA) is 69.7 Å². The minimum absolute atomic E-state index is 0.226. The van der Waals surface area contributed by atoms with Gasteiger partial charge in [-0.2, -0.15) is 0 Å². The standard InChI is InChI=1S/C52H32N2O6/c1-3-7-35(8-4-1)53(39-15-19-45-49(27-39)57-29-55-45)37-13-11-31-23-43-41-17-18-42-44-24-32-12-14-38(22-34(32)26-48(44)60-52(42)51(41)59-47(43)25-33(31)21-37)54(36-9-5-2-6-10-36)40-16-20-46-50(28-40)58-30-56-46/h1-28H,29-30H2. The molecule has 2 aliphatic rings. The molecule has 0 amide bonds. The summed E-state index contributed by atoms with van der Waals surface area (Å²) in [6, 6.07) is 59.0. The molecule has 0 N–H and O–H groups in total. The van der Waals surface area contributed by atoms with Crippen LogP contribution in [0, 0.1) is 0 Å². The number of rotatable bonds is 6. The van der Waals surface area contributed by atoms with Crippen LogP contribution in [0.15, 0.2) is 179 Å². The molecular formula is C52H32N2O6. The van der Waals surface area contributed by atoms with Gasteiger partial charge in [-0.25, -0.2) is 0 Å². The third kappa shape index (κ3) is 5.10. The van der Waals surface area contributed by atoms with Crippen molar-refractivity contribution in [3.05, 3.63) is 170 Å². The monoisotopic (exact) mass is 780 g/mol. The fourth-order valence-electron chi connectivity index (χ4n) is 8.90. The van der Waals surface area contributed by atoms with Crippen molar-refractivity contribution in [2.24, 2.45) is 0 Å². The molecule has 0 radical (unpaired) electrons. The number of ether oxygens (including phenoxy) is 4. The van der Waals surface area contributed by atoms with E-state index in [1.54, 1.807) is 0 Å². The first-order valence-electron chi connectivity index (χ1n) is 19.9. The van der Waals surface area contributed by atoms with E-state index in [1.165, 1.54) is 0 Å². The van der Waals surface area contributed by atoms with Crippen LogP contribution in [-0.2, 0) is 0 Å². The fourth-order valence-corrected chi connectivity index (χ4v) is 8.90. The van der Waals surface area contributed by atoms with Crippen molar-refractivity contribution in [3.8, 4) is 23.0 Å². The Kier molecular flexibility index (Phi) is 6.97. The zero-order chi connectivity index (χ0) is 39.3. The number of nitrogens with zero attached hydrogens (tertiary/aromatic N) is 2. The molecule has 4 heterocycles. The number of hydrogen-bond acceptors (Lipinski definition) is 8. The highest BCUT2D eigenvalue weighted by Gasteiger charge is 2.22. The highest BCUT2D eigenvalue weighted by Crippen LogP contribution is 2.46. The molecule has 11 aromatic rings. The maximum Gasteiger partial charge on any atom is 0.231 e. The lowest BCUT2D eigenvalue weighted by molar-refractivity contribution is 0.173. The third-order valence-electron chi connectivity index (χ3n) is 11.7. The molecule has 0 saturated heterocycles. The number of benzene rings is 9. The molecule has 0 aliphatic carbocycles. The van der Waals surface area contributed by atoms with E-state index in [4.69, 9.17) is 27.8 Å². The molecule has 2 aromatic heterocycles. The molecule has 8 nitrogen and oxygen atoms in total. The Morgan fingerprint density at radius 2 is 0.717 bits per heavy atom. The van der Waals surface area contributed by atoms with Crippen LogP contribution in [0.2, 0.25) is 0 Å². The molecule has 0 fully saturated rings. The van der Waals surface area contributed by atoms with E-state index in [0.717, 1.165) is 123 Å². The molecule has 0 saturated carbocycles. The van der Waals surface area contributed by atoms with Crippen LogP contribution in [0.4, 0.5) is 34.1 Å². The van der Waals surface area contributed by atoms with Crippen LogP contribution in [0.1, 0.15) is 0 Å². The minimum Gasteiger partial charge on any atom is -0.454 e. The van der Waals surface area contributed by atoms with E-state index in [0.29, 0.717) is 0 Å². The van der Waals surface area contributed by atoms with Gasteiger partial charge in [0.1, 0.15) is 11.2 Å². The van der Waals surface area contributed by atoms with Gasteiger partial charge in [0.2, 0.25) is 13.6 Å². The van der Waals surface area contributed by atoms with Gasteiger partial charge in [0.15, 0.2) is 34.2 Å². The zero-order valence-corrected chi connectivity index (χ0v) is 31.9. The predicted molar refractivity (Wildman–Crippen MR) is 238 cm³/mol. The van der Waals surface area contributed by atoms with Crippen molar-refractivity contribution in [2.75, 3.05) is 23.4 Å². The lowest BCUT2D eigenvalue weighted by Gasteiger charge is -2.26. The average Bonchev–Trinajstić information content (AvgIpc) is 4.10. The predicted octanol–water partition coefficient (Wildman–Crippen LogP) is 14.2. The highest BCUT2D eigenvalue weighted by molar-refractivity contribution is 6.21. The Labute approximate surface area is 342 Å². The van der Waals surface area contributed by atoms with E-state index in [9.17, 15) is 0 Å². The van der Waals surface area contributed by atoms with Gasteiger partial charge in [-0.3, -0.25) is 0 Å². The number of anilines is 6. The SMILES string of the molecule is c1ccc(N(c2ccc3c(c2)OCO3)c2ccc3cc4c(cc3c2)oc2c4ccc3c4cc5ccc(N(c6ccccc6)c6ccc7c(c6)OCO7)cc5cc4oc32)cc1. The van der Waals surface area contributed by atoms with Crippen LogP contribution >= 0.6 is 0 Å². The van der Waals surface area contributed by atoms with Gasteiger partial charge < -0.3 is 37.6 Å². The second-order valence-electron chi connectivity index (χ2n) is 15.2. The lowest BCUT2D eigenvalue weighted by atomic mass is 10.0. The van der Waals surface area contributed by atoms with E-state index < -0.39 is 0 Å². The summed E-state index contributed by atoms with van der Waals surface area (Å²) in [6.07, 6.45) is 0. The van der Waals surface area contributed by atoms with E-state index in [2.05, 4.69) is 143 Å². The van der Waals surface area contributed by atoms with Gasteiger partial charge in [-0.05, 0) is 131 Å². The van der Waals surface area contributed by atoms with Crippen molar-refractivity contribution in [1.29, 1.82) is 0 Å². The molecule has 0 bridgehead atoms. The maximum absolute atomic E-state index is 6.74. The first kappa shape index (κ1) is 32.9. The summed E-state index contributed by atoms with van der Waals surface area (Å²) in [4.78, 5) is 4.46. The van der Waals surface area contributed by atoms with Crippen LogP contribution in [-0.4, -0.2) is 13.6 Å². The van der Waals surface area contributed by atoms with Gasteiger partial charge in [0, 0.05) is 56.4 Å². The van der Waals surface area contributed by atoms with Crippen molar-refractivity contribution in [3.63, 3.8) is 0 Å². The quantitative estimate of drug-likeness (QED) is 0.165. The Morgan fingerprint density at radius 1 is 0.300 bits per heavy atom. The Hall–Kier alpha value is -8.10. The van der Waals surface area contributed by atoms with Crippen LogP contribution in [0.3, 0.4) is 0 Å². The van der Waals surface area contributed by atoms with Crippen LogP contribution in [0.25, 0.3) is 65.4 Å². The number of fused-ring (bicyclic) bond motifs is 11. The fraction of sp³-hybridized carbons (Fsp3) is 0.0385. The summed E-state index contributed by atoms with van der Waals surface area (Å²) >= 11 is 0. The average molecular weight is 781 g/mol. The zero-order valence-electron chi connectivity index (χ0n) is 31.9. The molecular weight excluding hydrogens is 749 g/mol. The first-order chi connectivity index (χ1) is 29.7. The minimum atomic E-state index is 0.226. The largest absolute Gasteiger partial charge is 0.454 e. The summed E-state index contributed by atoms with van der Waals surface area (Å²) in [5.41, 5.74) is 9.14. The molecule has 0 unspecified atom stereocenters. The number of para-hydroxylation sites is 2. The summed E-state index contributed by atoms with van der Waals surface area (Å²) in [7, 11) is 0. The molecule has 0 spiro atoms. The molecule has 9 aromatic carbocycles. The van der Waals surface area contributed by atoms with Crippen molar-refractivity contribution in [2.45, 2.75) is 0 Å². The lowest BCUT2D eigenvalue weighted by Crippen LogP contribution is -2.09. The molecule has 60 heavy (non-hydrogen) atoms. The second kappa shape index (κ2) is 12.7. The van der Waals surface area contributed by atoms with Gasteiger partial charge >= 0.3 is 0 Å². The van der Waals surface area contributed by atoms with E-state index in [1.807, 2.05) is 36.4 Å². The van der Waals surface area contributed by atoms with Gasteiger partial charge in [-0.1, -0.05) is 48.5 Å². The molecule has 286 valence electrons. The summed E-state index contributed by atoms with van der Waals surface area (Å²) in [5, 5.41) is 8.48. The van der Waals surface area contributed by atoms with Crippen LogP contribution in [0.5, 0.6) is 23.0 Å². The molecule has 2 aliphatic heterocycles. The summed E-state index contributed by atoms with van der Waals surface area (Å²) in [6.45, 7) is 0.452. The molecule has 0 atom stereocenters. The normalized spacial score (nSPS) is 13.1. The van der Waals surface area contributed by atoms with E-state index in [-0.39, 0.29) is 13.6 Å². The smallest absolute Gasteiger partial charge is 0.231 e. The third-order valence-corrected chi connectivity index (χ3v) is 11.7. The van der Waals surface area contributed by atoms with Gasteiger partial charge in [0.05, 0.1) is 11.4 Å². The number of hydrogen-bond donors (Lipinski definition) is 0. The van der Waals surface area contributed by atoms with Gasteiger partial charge in [-0.15, -0.1) is 0 Å². The van der Waals surface area contributed by atoms with Crippen molar-refractivity contribution >= 4 is 99.5 Å². The van der Waals surface area contributed by atoms with Crippen LogP contribution < -0.4 is 28.7 Å². The highest BCUT2D eigenvalue weighted by atomic mass is 16.7. The van der Waals surface area contributed by atoms with E-state index >= 15 is 0 Å². The van der Waals surface area contributed by atoms with Crippen molar-refractivity contribution in [1.82, 2.24) is 0 Å². The Bertz CT molecular complexity index is 3290. The molecule has 8 heteroatoms. The van der Waals surface area contributed by atoms with Gasteiger partial charge in [0.25, 0.3) is 0 Å². The first-order valence-corrected chi connectivity index (χ1v) is 19.9.